The molecule has 0 N–H and O–H groups in total. The van der Waals surface area contributed by atoms with Gasteiger partial charge in [-0.05, 0) is 48.3 Å². The van der Waals surface area contributed by atoms with Crippen LogP contribution in [-0.4, -0.2) is 64.5 Å². The fourth-order valence-electron chi connectivity index (χ4n) is 4.07. The molecule has 0 amide bonds. The Bertz CT molecular complexity index is 258. The summed E-state index contributed by atoms with van der Waals surface area (Å²) in [4.78, 5) is 0. The molecule has 3 nitrogen and oxygen atoms in total. The molecular weight excluding hydrogens is 310 g/mol. The van der Waals surface area contributed by atoms with E-state index in [1.54, 1.807) is 0 Å². The second kappa shape index (κ2) is 14.3. The van der Waals surface area contributed by atoms with Crippen LogP contribution in [0.4, 0.5) is 0 Å². The average molecular weight is 358 g/mol. The maximum Gasteiger partial charge on any atom is 0.288 e. The van der Waals surface area contributed by atoms with Crippen LogP contribution in [0, 0.1) is 0 Å². The van der Waals surface area contributed by atoms with Crippen LogP contribution in [0.1, 0.15) is 84.0 Å². The van der Waals surface area contributed by atoms with E-state index in [9.17, 15) is 0 Å². The molecule has 0 aliphatic heterocycles. The molecule has 0 saturated heterocycles. The number of hydrogen-bond donors (Lipinski definition) is 0. The van der Waals surface area contributed by atoms with Crippen molar-refractivity contribution < 1.29 is 0 Å². The van der Waals surface area contributed by atoms with Crippen LogP contribution in [-0.2, 0) is 0 Å². The van der Waals surface area contributed by atoms with Crippen LogP contribution in [0.15, 0.2) is 0 Å². The molecule has 0 unspecified atom stereocenters. The third-order valence-corrected chi connectivity index (χ3v) is 10.8. The highest BCUT2D eigenvalue weighted by Gasteiger charge is 2.41. The Morgan fingerprint density at radius 3 is 1.04 bits per heavy atom. The molecule has 146 valence electrons. The van der Waals surface area contributed by atoms with Gasteiger partial charge in [-0.2, -0.15) is 0 Å². The largest absolute Gasteiger partial charge is 0.305 e. The average Bonchev–Trinajstić information content (AvgIpc) is 2.51. The molecule has 24 heavy (non-hydrogen) atoms. The maximum atomic E-state index is 2.49. The van der Waals surface area contributed by atoms with Gasteiger partial charge in [-0.1, -0.05) is 84.0 Å². The molecule has 0 aliphatic carbocycles. The van der Waals surface area contributed by atoms with Crippen molar-refractivity contribution in [3.05, 3.63) is 0 Å². The van der Waals surface area contributed by atoms with E-state index in [4.69, 9.17) is 0 Å². The molecule has 0 saturated carbocycles. The Kier molecular flexibility index (Phi) is 14.3. The van der Waals surface area contributed by atoms with Gasteiger partial charge in [0.15, 0.2) is 0 Å². The van der Waals surface area contributed by atoms with Gasteiger partial charge in [0.05, 0.1) is 0 Å². The summed E-state index contributed by atoms with van der Waals surface area (Å²) in [6.45, 7) is 2.29. The van der Waals surface area contributed by atoms with E-state index in [1.165, 1.54) is 83.1 Å². The van der Waals surface area contributed by atoms with Gasteiger partial charge in [-0.3, -0.25) is 0 Å². The standard InChI is InChI=1S/C20H47N3Si/c1-8-9-10-11-12-13-14-15-16-17-18-19-20-24(21(2)3,22(4)5)23(6)7/h8-20H2,1-7H3. The van der Waals surface area contributed by atoms with Crippen LogP contribution in [0.5, 0.6) is 0 Å². The van der Waals surface area contributed by atoms with Crippen molar-refractivity contribution in [2.75, 3.05) is 42.3 Å². The van der Waals surface area contributed by atoms with Gasteiger partial charge in [-0.15, -0.1) is 0 Å². The van der Waals surface area contributed by atoms with Crippen LogP contribution in [0.25, 0.3) is 0 Å². The first-order chi connectivity index (χ1) is 11.4. The number of unbranched alkanes of at least 4 members (excludes halogenated alkanes) is 11. The van der Waals surface area contributed by atoms with Gasteiger partial charge in [0.1, 0.15) is 0 Å². The predicted octanol–water partition coefficient (Wildman–Crippen LogP) is 5.31. The SMILES string of the molecule is CCCCCCCCCCCCCC[Si](N(C)C)(N(C)C)N(C)C. The topological polar surface area (TPSA) is 9.72 Å². The third-order valence-electron chi connectivity index (χ3n) is 5.51. The van der Waals surface area contributed by atoms with E-state index in [1.807, 2.05) is 0 Å². The van der Waals surface area contributed by atoms with E-state index in [0.29, 0.717) is 0 Å². The fraction of sp³-hybridized carbons (Fsp3) is 1.00. The highest BCUT2D eigenvalue weighted by atomic mass is 28.4. The third kappa shape index (κ3) is 8.98. The quantitative estimate of drug-likeness (QED) is 0.274. The predicted molar refractivity (Wildman–Crippen MR) is 113 cm³/mol. The van der Waals surface area contributed by atoms with Crippen molar-refractivity contribution in [3.63, 3.8) is 0 Å². The summed E-state index contributed by atoms with van der Waals surface area (Å²) >= 11 is 0. The van der Waals surface area contributed by atoms with Gasteiger partial charge in [0.25, 0.3) is 8.56 Å². The minimum absolute atomic E-state index is 1.34. The van der Waals surface area contributed by atoms with Gasteiger partial charge in [0, 0.05) is 0 Å². The minimum Gasteiger partial charge on any atom is -0.305 e. The monoisotopic (exact) mass is 357 g/mol. The highest BCUT2D eigenvalue weighted by Crippen LogP contribution is 2.22. The van der Waals surface area contributed by atoms with Gasteiger partial charge >= 0.3 is 0 Å². The minimum atomic E-state index is -1.62. The molecule has 0 aromatic carbocycles. The zero-order valence-corrected chi connectivity index (χ0v) is 19.0. The summed E-state index contributed by atoms with van der Waals surface area (Å²) in [6.07, 6.45) is 17.2. The van der Waals surface area contributed by atoms with Crippen molar-refractivity contribution >= 4 is 8.56 Å². The summed E-state index contributed by atoms with van der Waals surface area (Å²) in [5.41, 5.74) is 0. The smallest absolute Gasteiger partial charge is 0.288 e. The normalized spacial score (nSPS) is 12.8. The fourth-order valence-corrected chi connectivity index (χ4v) is 8.54. The number of rotatable bonds is 16. The van der Waals surface area contributed by atoms with E-state index in [-0.39, 0.29) is 0 Å². The first kappa shape index (κ1) is 24.1. The zero-order chi connectivity index (χ0) is 18.4. The Morgan fingerprint density at radius 2 is 0.750 bits per heavy atom. The molecule has 0 aromatic heterocycles. The maximum absolute atomic E-state index is 2.49. The van der Waals surface area contributed by atoms with Gasteiger partial charge < -0.3 is 13.7 Å². The first-order valence-electron chi connectivity index (χ1n) is 10.4. The highest BCUT2D eigenvalue weighted by molar-refractivity contribution is 6.71. The lowest BCUT2D eigenvalue weighted by molar-refractivity contribution is 0.372. The Hall–Kier alpha value is 0.0969. The van der Waals surface area contributed by atoms with Crippen LogP contribution in [0.3, 0.4) is 0 Å². The Morgan fingerprint density at radius 1 is 0.458 bits per heavy atom. The lowest BCUT2D eigenvalue weighted by Gasteiger charge is -2.46. The molecule has 0 spiro atoms. The lowest BCUT2D eigenvalue weighted by Crippen LogP contribution is -2.69. The summed E-state index contributed by atoms with van der Waals surface area (Å²) < 4.78 is 7.47. The number of hydrogen-bond acceptors (Lipinski definition) is 3. The molecular formula is C20H47N3Si. The van der Waals surface area contributed by atoms with Crippen molar-refractivity contribution in [3.8, 4) is 0 Å². The molecule has 0 radical (unpaired) electrons. The van der Waals surface area contributed by atoms with E-state index in [0.717, 1.165) is 0 Å². The molecule has 0 fully saturated rings. The van der Waals surface area contributed by atoms with E-state index in [2.05, 4.69) is 62.9 Å². The zero-order valence-electron chi connectivity index (χ0n) is 18.0. The van der Waals surface area contributed by atoms with E-state index >= 15 is 0 Å². The van der Waals surface area contributed by atoms with Gasteiger partial charge in [0.2, 0.25) is 0 Å². The molecule has 0 heterocycles. The summed E-state index contributed by atoms with van der Waals surface area (Å²) in [5.74, 6) is 0. The molecule has 0 bridgehead atoms. The van der Waals surface area contributed by atoms with Gasteiger partial charge in [-0.25, -0.2) is 0 Å². The molecule has 0 aliphatic rings. The summed E-state index contributed by atoms with van der Waals surface area (Å²) in [5, 5.41) is 0. The van der Waals surface area contributed by atoms with Crippen molar-refractivity contribution in [2.24, 2.45) is 0 Å². The van der Waals surface area contributed by atoms with Crippen molar-refractivity contribution in [1.29, 1.82) is 0 Å². The summed E-state index contributed by atoms with van der Waals surface area (Å²) in [7, 11) is 11.9. The lowest BCUT2D eigenvalue weighted by atomic mass is 10.1. The molecule has 0 aromatic rings. The second-order valence-corrected chi connectivity index (χ2v) is 12.8. The van der Waals surface area contributed by atoms with Crippen LogP contribution in [0.2, 0.25) is 6.04 Å². The second-order valence-electron chi connectivity index (χ2n) is 8.10. The molecule has 4 heteroatoms. The summed E-state index contributed by atoms with van der Waals surface area (Å²) in [6, 6.07) is 1.34. The van der Waals surface area contributed by atoms with Crippen LogP contribution < -0.4 is 0 Å². The van der Waals surface area contributed by atoms with Crippen LogP contribution >= 0.6 is 0 Å². The molecule has 0 rings (SSSR count). The van der Waals surface area contributed by atoms with Crippen molar-refractivity contribution in [1.82, 2.24) is 13.7 Å². The molecule has 0 atom stereocenters. The Labute approximate surface area is 155 Å². The van der Waals surface area contributed by atoms with Crippen molar-refractivity contribution in [2.45, 2.75) is 90.0 Å². The van der Waals surface area contributed by atoms with E-state index < -0.39 is 8.56 Å². The number of nitrogens with zero attached hydrogens (tertiary/aromatic N) is 3. The Balaban J connectivity index is 3.73. The first-order valence-corrected chi connectivity index (χ1v) is 12.5.